The van der Waals surface area contributed by atoms with Gasteiger partial charge in [0.15, 0.2) is 0 Å². The third-order valence-electron chi connectivity index (χ3n) is 3.26. The van der Waals surface area contributed by atoms with Gasteiger partial charge in [0.25, 0.3) is 0 Å². The Kier molecular flexibility index (Phi) is 2.66. The van der Waals surface area contributed by atoms with Gasteiger partial charge in [-0.1, -0.05) is 24.3 Å². The maximum Gasteiger partial charge on any atom is 0.377 e. The normalized spacial score (nSPS) is 24.2. The average Bonchev–Trinajstić information content (AvgIpc) is 2.28. The molecule has 3 nitrogen and oxygen atoms in total. The predicted molar refractivity (Wildman–Crippen MR) is 56.0 cm³/mol. The molecule has 0 heterocycles. The zero-order chi connectivity index (χ0) is 12.7. The summed E-state index contributed by atoms with van der Waals surface area (Å²) in [5.41, 5.74) is -1.02. The summed E-state index contributed by atoms with van der Waals surface area (Å²) in [6, 6.07) is 6.91. The van der Waals surface area contributed by atoms with Gasteiger partial charge in [0.2, 0.25) is 0 Å². The van der Waals surface area contributed by atoms with Crippen LogP contribution in [-0.4, -0.2) is 27.7 Å². The van der Waals surface area contributed by atoms with Crippen LogP contribution >= 0.6 is 0 Å². The minimum Gasteiger partial charge on any atom is -0.477 e. The second kappa shape index (κ2) is 3.77. The molecule has 0 amide bonds. The maximum absolute atomic E-state index is 13.5. The molecule has 0 bridgehead atoms. The highest BCUT2D eigenvalue weighted by Gasteiger charge is 2.59. The molecule has 5 heteroatoms. The summed E-state index contributed by atoms with van der Waals surface area (Å²) >= 11 is 0. The second-order valence-corrected chi connectivity index (χ2v) is 4.36. The molecule has 0 fully saturated rings. The quantitative estimate of drug-likeness (QED) is 0.828. The zero-order valence-electron chi connectivity index (χ0n) is 8.99. The van der Waals surface area contributed by atoms with E-state index in [1.165, 1.54) is 0 Å². The Hall–Kier alpha value is -1.49. The molecule has 1 aliphatic rings. The van der Waals surface area contributed by atoms with E-state index in [9.17, 15) is 18.7 Å². The lowest BCUT2D eigenvalue weighted by molar-refractivity contribution is -0.211. The first-order valence-corrected chi connectivity index (χ1v) is 5.27. The highest BCUT2D eigenvalue weighted by molar-refractivity contribution is 5.77. The van der Waals surface area contributed by atoms with Crippen LogP contribution in [0.5, 0.6) is 0 Å². The number of rotatable bonds is 2. The summed E-state index contributed by atoms with van der Waals surface area (Å²) in [4.78, 5) is 10.5. The lowest BCUT2D eigenvalue weighted by Gasteiger charge is -2.37. The van der Waals surface area contributed by atoms with Gasteiger partial charge in [0.1, 0.15) is 5.60 Å². The van der Waals surface area contributed by atoms with Gasteiger partial charge in [-0.2, -0.15) is 8.78 Å². The molecule has 0 aromatic heterocycles. The lowest BCUT2D eigenvalue weighted by atomic mass is 9.77. The number of aliphatic hydroxyl groups is 1. The first kappa shape index (κ1) is 12.0. The van der Waals surface area contributed by atoms with Gasteiger partial charge in [-0.25, -0.2) is 4.79 Å². The molecule has 0 aliphatic heterocycles. The summed E-state index contributed by atoms with van der Waals surface area (Å²) < 4.78 is 26.9. The van der Waals surface area contributed by atoms with E-state index in [-0.39, 0.29) is 19.3 Å². The number of carboxylic acids is 1. The van der Waals surface area contributed by atoms with E-state index in [4.69, 9.17) is 5.11 Å². The van der Waals surface area contributed by atoms with Gasteiger partial charge in [-0.05, 0) is 24.0 Å². The van der Waals surface area contributed by atoms with E-state index < -0.39 is 17.5 Å². The number of carbonyl (C=O) groups is 1. The van der Waals surface area contributed by atoms with Crippen molar-refractivity contribution >= 4 is 5.97 Å². The Bertz CT molecular complexity index is 459. The predicted octanol–water partition coefficient (Wildman–Crippen LogP) is 1.63. The Morgan fingerprint density at radius 2 is 1.88 bits per heavy atom. The molecule has 0 saturated carbocycles. The number of benzene rings is 1. The third kappa shape index (κ3) is 1.80. The van der Waals surface area contributed by atoms with Crippen molar-refractivity contribution in [2.24, 2.45) is 0 Å². The van der Waals surface area contributed by atoms with Crippen LogP contribution < -0.4 is 0 Å². The van der Waals surface area contributed by atoms with Gasteiger partial charge >= 0.3 is 11.9 Å². The topological polar surface area (TPSA) is 57.5 Å². The van der Waals surface area contributed by atoms with E-state index in [0.717, 1.165) is 5.56 Å². The maximum atomic E-state index is 13.5. The highest BCUT2D eigenvalue weighted by atomic mass is 19.3. The number of fused-ring (bicyclic) bond motifs is 1. The summed E-state index contributed by atoms with van der Waals surface area (Å²) in [7, 11) is 0. The fourth-order valence-corrected chi connectivity index (χ4v) is 2.19. The Labute approximate surface area is 96.7 Å². The van der Waals surface area contributed by atoms with Gasteiger partial charge in [0, 0.05) is 6.42 Å². The summed E-state index contributed by atoms with van der Waals surface area (Å²) in [6.07, 6.45) is -0.318. The van der Waals surface area contributed by atoms with E-state index in [1.807, 2.05) is 0 Å². The van der Waals surface area contributed by atoms with Gasteiger partial charge in [-0.15, -0.1) is 0 Å². The first-order chi connectivity index (χ1) is 7.87. The molecule has 2 N–H and O–H groups in total. The molecular formula is C12H12F2O3. The van der Waals surface area contributed by atoms with E-state index >= 15 is 0 Å². The van der Waals surface area contributed by atoms with Crippen molar-refractivity contribution in [2.45, 2.75) is 30.8 Å². The molecule has 92 valence electrons. The molecule has 1 atom stereocenters. The largest absolute Gasteiger partial charge is 0.477 e. The van der Waals surface area contributed by atoms with E-state index in [0.29, 0.717) is 5.56 Å². The molecule has 2 rings (SSSR count). The molecule has 1 aromatic rings. The number of aliphatic carboxylic acids is 1. The van der Waals surface area contributed by atoms with Gasteiger partial charge in [0.05, 0.1) is 0 Å². The first-order valence-electron chi connectivity index (χ1n) is 5.27. The summed E-state index contributed by atoms with van der Waals surface area (Å²) in [5, 5.41) is 18.4. The third-order valence-corrected chi connectivity index (χ3v) is 3.26. The van der Waals surface area contributed by atoms with Crippen molar-refractivity contribution in [3.63, 3.8) is 0 Å². The van der Waals surface area contributed by atoms with Crippen molar-refractivity contribution in [1.82, 2.24) is 0 Å². The SMILES string of the molecule is O=C(O)C(F)(F)C1(O)CCc2ccccc2C1. The van der Waals surface area contributed by atoms with Crippen LogP contribution in [0.4, 0.5) is 8.78 Å². The number of alkyl halides is 2. The molecule has 0 radical (unpaired) electrons. The molecule has 1 aliphatic carbocycles. The van der Waals surface area contributed by atoms with Crippen molar-refractivity contribution in [3.05, 3.63) is 35.4 Å². The monoisotopic (exact) mass is 242 g/mol. The van der Waals surface area contributed by atoms with Crippen molar-refractivity contribution in [1.29, 1.82) is 0 Å². The average molecular weight is 242 g/mol. The Morgan fingerprint density at radius 1 is 1.29 bits per heavy atom. The minimum absolute atomic E-state index is 0.247. The summed E-state index contributed by atoms with van der Waals surface area (Å²) in [6.45, 7) is 0. The number of hydrogen-bond acceptors (Lipinski definition) is 2. The van der Waals surface area contributed by atoms with Crippen LogP contribution in [0.1, 0.15) is 17.5 Å². The van der Waals surface area contributed by atoms with Crippen molar-refractivity contribution in [2.75, 3.05) is 0 Å². The van der Waals surface area contributed by atoms with Crippen molar-refractivity contribution < 1.29 is 23.8 Å². The zero-order valence-corrected chi connectivity index (χ0v) is 8.99. The van der Waals surface area contributed by atoms with Crippen LogP contribution in [0.3, 0.4) is 0 Å². The van der Waals surface area contributed by atoms with Crippen LogP contribution in [0, 0.1) is 0 Å². The van der Waals surface area contributed by atoms with Gasteiger partial charge < -0.3 is 10.2 Å². The van der Waals surface area contributed by atoms with Gasteiger partial charge in [-0.3, -0.25) is 0 Å². The molecule has 0 spiro atoms. The van der Waals surface area contributed by atoms with Crippen LogP contribution in [0.2, 0.25) is 0 Å². The molecular weight excluding hydrogens is 230 g/mol. The van der Waals surface area contributed by atoms with Crippen LogP contribution in [0.15, 0.2) is 24.3 Å². The van der Waals surface area contributed by atoms with E-state index in [2.05, 4.69) is 0 Å². The summed E-state index contributed by atoms with van der Waals surface area (Å²) in [5.74, 6) is -6.40. The standard InChI is InChI=1S/C12H12F2O3/c13-12(14,10(15)16)11(17)6-5-8-3-1-2-4-9(8)7-11/h1-4,17H,5-7H2,(H,15,16). The van der Waals surface area contributed by atoms with E-state index in [1.54, 1.807) is 24.3 Å². The Balaban J connectivity index is 2.36. The van der Waals surface area contributed by atoms with Crippen LogP contribution in [-0.2, 0) is 17.6 Å². The molecule has 17 heavy (non-hydrogen) atoms. The Morgan fingerprint density at radius 3 is 2.47 bits per heavy atom. The number of hydrogen-bond donors (Lipinski definition) is 2. The van der Waals surface area contributed by atoms with Crippen molar-refractivity contribution in [3.8, 4) is 0 Å². The van der Waals surface area contributed by atoms with Crippen LogP contribution in [0.25, 0.3) is 0 Å². The fourth-order valence-electron chi connectivity index (χ4n) is 2.19. The number of halogens is 2. The second-order valence-electron chi connectivity index (χ2n) is 4.36. The fraction of sp³-hybridized carbons (Fsp3) is 0.417. The number of carboxylic acid groups (broad SMARTS) is 1. The number of aryl methyl sites for hydroxylation is 1. The highest BCUT2D eigenvalue weighted by Crippen LogP contribution is 2.39. The molecule has 0 saturated heterocycles. The smallest absolute Gasteiger partial charge is 0.377 e. The minimum atomic E-state index is -4.12. The molecule has 1 aromatic carbocycles. The molecule has 1 unspecified atom stereocenters. The lowest BCUT2D eigenvalue weighted by Crippen LogP contribution is -2.56.